The fourth-order valence-electron chi connectivity index (χ4n) is 2.98. The largest absolute Gasteiger partial charge is 0.480 e. The minimum Gasteiger partial charge on any atom is -0.480 e. The van der Waals surface area contributed by atoms with Gasteiger partial charge in [-0.25, -0.2) is 4.79 Å². The summed E-state index contributed by atoms with van der Waals surface area (Å²) >= 11 is 3.80. The maximum Gasteiger partial charge on any atom is 0.327 e. The number of hydrogen-bond acceptors (Lipinski definition) is 12. The Morgan fingerprint density at radius 2 is 1.35 bits per heavy atom. The zero-order valence-electron chi connectivity index (χ0n) is 23.4. The molecule has 244 valence electrons. The van der Waals surface area contributed by atoms with Gasteiger partial charge in [0.15, 0.2) is 5.96 Å². The number of thiol groups is 1. The van der Waals surface area contributed by atoms with Gasteiger partial charge in [0, 0.05) is 12.3 Å². The van der Waals surface area contributed by atoms with E-state index in [1.807, 2.05) is 0 Å². The van der Waals surface area contributed by atoms with Gasteiger partial charge in [-0.1, -0.05) is 0 Å². The molecule has 21 heteroatoms. The molecule has 0 aliphatic carbocycles. The van der Waals surface area contributed by atoms with Gasteiger partial charge in [-0.2, -0.15) is 12.6 Å². The number of carbonyl (C=O) groups is 7. The van der Waals surface area contributed by atoms with Crippen molar-refractivity contribution in [3.63, 3.8) is 0 Å². The number of amides is 6. The number of aliphatic hydroxyl groups is 2. The topological polar surface area (TPSA) is 343 Å². The average Bonchev–Trinajstić information content (AvgIpc) is 2.95. The van der Waals surface area contributed by atoms with Gasteiger partial charge < -0.3 is 64.4 Å². The van der Waals surface area contributed by atoms with Crippen molar-refractivity contribution in [2.24, 2.45) is 22.2 Å². The zero-order chi connectivity index (χ0) is 33.1. The monoisotopic (exact) mass is 636 g/mol. The molecule has 0 bridgehead atoms. The summed E-state index contributed by atoms with van der Waals surface area (Å²) in [5, 5.41) is 41.1. The lowest BCUT2D eigenvalue weighted by Gasteiger charge is -2.22. The molecule has 0 aromatic heterocycles. The average molecular weight is 637 g/mol. The van der Waals surface area contributed by atoms with Gasteiger partial charge in [-0.15, -0.1) is 0 Å². The fourth-order valence-corrected chi connectivity index (χ4v) is 3.23. The van der Waals surface area contributed by atoms with Crippen LogP contribution in [-0.2, 0) is 33.6 Å². The molecule has 0 aliphatic rings. The molecule has 6 amide bonds. The van der Waals surface area contributed by atoms with Gasteiger partial charge in [0.2, 0.25) is 35.4 Å². The number of aliphatic imine (C=N–C) groups is 1. The second-order valence-corrected chi connectivity index (χ2v) is 9.30. The standard InChI is InChI=1S/C22H40N10O10S/c1-10(34)17(20(40)31-13(9-43)21(41)42)32-16(37)7-28-14(35)5-27-15(36)6-29-19(39)12(3-2-4-26-22(24)25)30-18(38)11(23)8-33/h10-13,17,33-34,43H,2-9,23H2,1H3,(H,27,36)(H,28,35)(H,29,39)(H,30,38)(H,31,40)(H,32,37)(H,41,42)(H4,24,25,26)/t10-,11+,12+,13+,17+/m1/s1. The number of nitrogens with two attached hydrogens (primary N) is 3. The van der Waals surface area contributed by atoms with E-state index in [1.165, 1.54) is 6.92 Å². The van der Waals surface area contributed by atoms with Gasteiger partial charge in [-0.3, -0.25) is 33.8 Å². The molecule has 5 atom stereocenters. The highest BCUT2D eigenvalue weighted by Gasteiger charge is 2.29. The predicted octanol–water partition coefficient (Wildman–Crippen LogP) is -7.44. The van der Waals surface area contributed by atoms with Gasteiger partial charge in [0.05, 0.1) is 32.3 Å². The molecule has 0 spiro atoms. The Balaban J connectivity index is 4.76. The molecule has 0 rings (SSSR count). The Labute approximate surface area is 251 Å². The minimum atomic E-state index is -1.53. The van der Waals surface area contributed by atoms with Crippen molar-refractivity contribution in [1.29, 1.82) is 0 Å². The number of carboxylic acid groups (broad SMARTS) is 1. The highest BCUT2D eigenvalue weighted by atomic mass is 32.1. The van der Waals surface area contributed by atoms with Gasteiger partial charge in [0.1, 0.15) is 24.2 Å². The molecule has 0 saturated heterocycles. The molecule has 15 N–H and O–H groups in total. The molecule has 0 saturated carbocycles. The number of carboxylic acids is 1. The van der Waals surface area contributed by atoms with E-state index in [4.69, 9.17) is 27.4 Å². The Morgan fingerprint density at radius 1 is 0.814 bits per heavy atom. The highest BCUT2D eigenvalue weighted by molar-refractivity contribution is 7.80. The molecule has 0 fully saturated rings. The summed E-state index contributed by atoms with van der Waals surface area (Å²) in [4.78, 5) is 87.9. The van der Waals surface area contributed by atoms with E-state index < -0.39 is 97.9 Å². The van der Waals surface area contributed by atoms with Crippen LogP contribution in [0.5, 0.6) is 0 Å². The first-order chi connectivity index (χ1) is 20.1. The van der Waals surface area contributed by atoms with Crippen LogP contribution in [0, 0.1) is 0 Å². The lowest BCUT2D eigenvalue weighted by molar-refractivity contribution is -0.142. The number of aliphatic hydroxyl groups excluding tert-OH is 2. The maximum atomic E-state index is 12.5. The third kappa shape index (κ3) is 16.7. The second kappa shape index (κ2) is 20.6. The van der Waals surface area contributed by atoms with E-state index in [0.717, 1.165) is 0 Å². The summed E-state index contributed by atoms with van der Waals surface area (Å²) in [7, 11) is 0. The Morgan fingerprint density at radius 3 is 1.84 bits per heavy atom. The van der Waals surface area contributed by atoms with Crippen LogP contribution in [0.2, 0.25) is 0 Å². The molecule has 0 aliphatic heterocycles. The van der Waals surface area contributed by atoms with Crippen LogP contribution in [0.15, 0.2) is 4.99 Å². The summed E-state index contributed by atoms with van der Waals surface area (Å²) in [5.74, 6) is -6.87. The molecule has 0 heterocycles. The van der Waals surface area contributed by atoms with E-state index in [1.54, 1.807) is 0 Å². The second-order valence-electron chi connectivity index (χ2n) is 8.94. The first-order valence-electron chi connectivity index (χ1n) is 12.8. The van der Waals surface area contributed by atoms with Crippen LogP contribution >= 0.6 is 12.6 Å². The van der Waals surface area contributed by atoms with Crippen molar-refractivity contribution in [2.45, 2.75) is 50.0 Å². The van der Waals surface area contributed by atoms with Crippen LogP contribution in [0.3, 0.4) is 0 Å². The van der Waals surface area contributed by atoms with E-state index in [2.05, 4.69) is 49.5 Å². The molecule has 0 aromatic rings. The van der Waals surface area contributed by atoms with Crippen LogP contribution in [-0.4, -0.2) is 132 Å². The van der Waals surface area contributed by atoms with E-state index in [9.17, 15) is 38.7 Å². The summed E-state index contributed by atoms with van der Waals surface area (Å²) in [6.07, 6.45) is -1.09. The molecule has 43 heavy (non-hydrogen) atoms. The number of nitrogens with one attached hydrogen (secondary N) is 6. The number of aliphatic carboxylic acids is 1. The lowest BCUT2D eigenvalue weighted by atomic mass is 10.1. The molecular formula is C22H40N10O10S. The normalized spacial score (nSPS) is 14.0. The Kier molecular flexibility index (Phi) is 18.6. The number of rotatable bonds is 20. The fraction of sp³-hybridized carbons (Fsp3) is 0.636. The minimum absolute atomic E-state index is 0.0610. The molecular weight excluding hydrogens is 596 g/mol. The Bertz CT molecular complexity index is 1020. The van der Waals surface area contributed by atoms with Gasteiger partial charge in [-0.05, 0) is 19.8 Å². The molecule has 0 unspecified atom stereocenters. The third-order valence-corrected chi connectivity index (χ3v) is 5.67. The van der Waals surface area contributed by atoms with Crippen LogP contribution in [0.4, 0.5) is 0 Å². The number of hydrogen-bond donors (Lipinski definition) is 13. The first kappa shape index (κ1) is 38.8. The molecule has 20 nitrogen and oxygen atoms in total. The van der Waals surface area contributed by atoms with Crippen LogP contribution in [0.25, 0.3) is 0 Å². The first-order valence-corrected chi connectivity index (χ1v) is 13.4. The van der Waals surface area contributed by atoms with E-state index in [-0.39, 0.29) is 31.1 Å². The van der Waals surface area contributed by atoms with Crippen molar-refractivity contribution in [3.8, 4) is 0 Å². The number of carbonyl (C=O) groups excluding carboxylic acids is 6. The summed E-state index contributed by atoms with van der Waals surface area (Å²) in [6.45, 7) is -1.19. The van der Waals surface area contributed by atoms with Crippen molar-refractivity contribution in [2.75, 3.05) is 38.5 Å². The maximum absolute atomic E-state index is 12.5. The lowest BCUT2D eigenvalue weighted by Crippen LogP contribution is -2.57. The van der Waals surface area contributed by atoms with Crippen LogP contribution < -0.4 is 49.1 Å². The van der Waals surface area contributed by atoms with Crippen molar-refractivity contribution in [1.82, 2.24) is 31.9 Å². The van der Waals surface area contributed by atoms with Crippen LogP contribution in [0.1, 0.15) is 19.8 Å². The quantitative estimate of drug-likeness (QED) is 0.0256. The van der Waals surface area contributed by atoms with Crippen molar-refractivity contribution >= 4 is 60.0 Å². The van der Waals surface area contributed by atoms with E-state index >= 15 is 0 Å². The predicted molar refractivity (Wildman–Crippen MR) is 153 cm³/mol. The van der Waals surface area contributed by atoms with Gasteiger partial charge >= 0.3 is 5.97 Å². The zero-order valence-corrected chi connectivity index (χ0v) is 24.3. The summed E-state index contributed by atoms with van der Waals surface area (Å²) in [6, 6.07) is -5.33. The number of nitrogens with zero attached hydrogens (tertiary/aromatic N) is 1. The molecule has 0 radical (unpaired) electrons. The number of guanidine groups is 1. The Hall–Kier alpha value is -4.21. The van der Waals surface area contributed by atoms with Crippen molar-refractivity contribution in [3.05, 3.63) is 0 Å². The van der Waals surface area contributed by atoms with E-state index in [0.29, 0.717) is 0 Å². The smallest absolute Gasteiger partial charge is 0.327 e. The van der Waals surface area contributed by atoms with Gasteiger partial charge in [0.25, 0.3) is 0 Å². The summed E-state index contributed by atoms with van der Waals surface area (Å²) < 4.78 is 0. The summed E-state index contributed by atoms with van der Waals surface area (Å²) in [5.41, 5.74) is 15.9. The SMILES string of the molecule is C[C@@H](O)[C@H](NC(=O)CNC(=O)CNC(=O)CNC(=O)[C@H](CCCN=C(N)N)NC(=O)[C@@H](N)CO)C(=O)N[C@@H](CS)C(=O)O. The third-order valence-electron chi connectivity index (χ3n) is 5.31. The molecule has 0 aromatic carbocycles. The highest BCUT2D eigenvalue weighted by Crippen LogP contribution is 2.00. The van der Waals surface area contributed by atoms with Crippen molar-refractivity contribution < 1.29 is 48.9 Å².